The quantitative estimate of drug-likeness (QED) is 0.151. The molecule has 0 aliphatic carbocycles. The van der Waals surface area contributed by atoms with Gasteiger partial charge in [0.25, 0.3) is 11.8 Å². The average Bonchev–Trinajstić information content (AvgIpc) is 2.92. The molecule has 0 spiro atoms. The Balaban J connectivity index is 2.04. The predicted molar refractivity (Wildman–Crippen MR) is 147 cm³/mol. The zero-order valence-corrected chi connectivity index (χ0v) is 23.7. The lowest BCUT2D eigenvalue weighted by atomic mass is 10.1. The highest BCUT2D eigenvalue weighted by atomic mass is 33.1. The molecule has 0 aliphatic rings. The summed E-state index contributed by atoms with van der Waals surface area (Å²) in [5.41, 5.74) is 0.0958. The summed E-state index contributed by atoms with van der Waals surface area (Å²) in [7, 11) is 4.61. The third-order valence-corrected chi connectivity index (χ3v) is 7.33. The number of carbonyl (C=O) groups is 6. The van der Waals surface area contributed by atoms with Crippen LogP contribution in [0.2, 0.25) is 0 Å². The van der Waals surface area contributed by atoms with Crippen molar-refractivity contribution >= 4 is 57.3 Å². The van der Waals surface area contributed by atoms with Gasteiger partial charge in [0.2, 0.25) is 0 Å². The van der Waals surface area contributed by atoms with E-state index in [1.807, 2.05) is 0 Å². The summed E-state index contributed by atoms with van der Waals surface area (Å²) >= 11 is 0. The minimum absolute atomic E-state index is 0.0325. The number of hydrogen-bond acceptors (Lipinski definition) is 12. The lowest BCUT2D eigenvalue weighted by Crippen LogP contribution is -2.44. The van der Waals surface area contributed by atoms with Gasteiger partial charge in [-0.3, -0.25) is 19.2 Å². The van der Waals surface area contributed by atoms with E-state index in [0.717, 1.165) is 21.6 Å². The first-order valence-electron chi connectivity index (χ1n) is 11.6. The van der Waals surface area contributed by atoms with Crippen LogP contribution >= 0.6 is 21.6 Å². The second-order valence-corrected chi connectivity index (χ2v) is 10.4. The van der Waals surface area contributed by atoms with Crippen LogP contribution in [0.1, 0.15) is 34.6 Å². The summed E-state index contributed by atoms with van der Waals surface area (Å²) in [5, 5.41) is 5.11. The fraction of sp³-hybridized carbons (Fsp3) is 0.308. The summed E-state index contributed by atoms with van der Waals surface area (Å²) in [6.45, 7) is 2.39. The van der Waals surface area contributed by atoms with Gasteiger partial charge in [-0.1, -0.05) is 45.9 Å². The number of benzene rings is 2. The second kappa shape index (κ2) is 16.2. The molecule has 2 atom stereocenters. The number of rotatable bonds is 13. The molecule has 0 aliphatic heterocycles. The SMILES string of the molecule is COC(=O)[C@H](CSSC[C@H](NC(=O)c1ccccc1OC(C)=O)C(=O)OC)NC(=O)c1ccccc1OC(C)=O. The lowest BCUT2D eigenvalue weighted by molar-refractivity contribution is -0.143. The number of hydrogen-bond donors (Lipinski definition) is 2. The van der Waals surface area contributed by atoms with Crippen molar-refractivity contribution in [3.05, 3.63) is 59.7 Å². The summed E-state index contributed by atoms with van der Waals surface area (Å²) in [4.78, 5) is 73.0. The zero-order chi connectivity index (χ0) is 29.7. The van der Waals surface area contributed by atoms with Crippen LogP contribution in [0.25, 0.3) is 0 Å². The molecule has 2 aromatic carbocycles. The van der Waals surface area contributed by atoms with E-state index < -0.39 is 47.8 Å². The van der Waals surface area contributed by atoms with E-state index in [4.69, 9.17) is 18.9 Å². The van der Waals surface area contributed by atoms with Gasteiger partial charge in [-0.05, 0) is 24.3 Å². The van der Waals surface area contributed by atoms with Crippen LogP contribution in [-0.4, -0.2) is 73.5 Å². The summed E-state index contributed by atoms with van der Waals surface area (Å²) < 4.78 is 19.7. The Morgan fingerprint density at radius 3 is 1.32 bits per heavy atom. The van der Waals surface area contributed by atoms with Gasteiger partial charge in [-0.2, -0.15) is 0 Å². The summed E-state index contributed by atoms with van der Waals surface area (Å²) in [6, 6.07) is 9.93. The molecule has 2 aromatic rings. The number of amides is 2. The molecule has 0 saturated carbocycles. The molecule has 0 fully saturated rings. The normalized spacial score (nSPS) is 11.8. The maximum absolute atomic E-state index is 12.8. The Hall–Kier alpha value is -4.04. The molecule has 2 N–H and O–H groups in total. The highest BCUT2D eigenvalue weighted by molar-refractivity contribution is 8.76. The van der Waals surface area contributed by atoms with Crippen molar-refractivity contribution in [1.29, 1.82) is 0 Å². The van der Waals surface area contributed by atoms with Crippen LogP contribution in [0, 0.1) is 0 Å². The summed E-state index contributed by atoms with van der Waals surface area (Å²) in [5.74, 6) is -3.84. The van der Waals surface area contributed by atoms with Crippen molar-refractivity contribution in [3.63, 3.8) is 0 Å². The Morgan fingerprint density at radius 1 is 0.650 bits per heavy atom. The molecular formula is C26H28N2O10S2. The molecule has 0 bridgehead atoms. The first-order valence-corrected chi connectivity index (χ1v) is 14.1. The molecule has 0 saturated heterocycles. The van der Waals surface area contributed by atoms with Crippen molar-refractivity contribution in [2.45, 2.75) is 25.9 Å². The molecule has 0 aromatic heterocycles. The van der Waals surface area contributed by atoms with Crippen LogP contribution in [0.5, 0.6) is 11.5 Å². The lowest BCUT2D eigenvalue weighted by Gasteiger charge is -2.19. The van der Waals surface area contributed by atoms with Crippen LogP contribution in [0.4, 0.5) is 0 Å². The molecule has 14 heteroatoms. The highest BCUT2D eigenvalue weighted by Gasteiger charge is 2.27. The van der Waals surface area contributed by atoms with E-state index in [-0.39, 0.29) is 34.1 Å². The molecule has 40 heavy (non-hydrogen) atoms. The fourth-order valence-electron chi connectivity index (χ4n) is 3.12. The third kappa shape index (κ3) is 9.93. The minimum atomic E-state index is -1.08. The van der Waals surface area contributed by atoms with Gasteiger partial charge in [0.05, 0.1) is 25.3 Å². The van der Waals surface area contributed by atoms with Crippen LogP contribution < -0.4 is 20.1 Å². The molecule has 2 amide bonds. The Bertz CT molecular complexity index is 1160. The van der Waals surface area contributed by atoms with Crippen LogP contribution in [0.15, 0.2) is 48.5 Å². The van der Waals surface area contributed by atoms with Crippen LogP contribution in [0.3, 0.4) is 0 Å². The van der Waals surface area contributed by atoms with E-state index in [9.17, 15) is 28.8 Å². The number of ether oxygens (including phenoxy) is 4. The largest absolute Gasteiger partial charge is 0.467 e. The zero-order valence-electron chi connectivity index (χ0n) is 22.1. The molecule has 0 radical (unpaired) electrons. The Labute approximate surface area is 238 Å². The number of esters is 4. The van der Waals surface area contributed by atoms with Gasteiger partial charge >= 0.3 is 23.9 Å². The van der Waals surface area contributed by atoms with E-state index in [1.165, 1.54) is 52.3 Å². The maximum Gasteiger partial charge on any atom is 0.329 e. The number of methoxy groups -OCH3 is 2. The first kappa shape index (κ1) is 32.2. The van der Waals surface area contributed by atoms with Gasteiger partial charge in [-0.15, -0.1) is 0 Å². The van der Waals surface area contributed by atoms with E-state index >= 15 is 0 Å². The van der Waals surface area contributed by atoms with Crippen molar-refractivity contribution in [2.75, 3.05) is 25.7 Å². The smallest absolute Gasteiger partial charge is 0.329 e. The van der Waals surface area contributed by atoms with E-state index in [2.05, 4.69) is 10.6 Å². The topological polar surface area (TPSA) is 163 Å². The number of para-hydroxylation sites is 2. The van der Waals surface area contributed by atoms with Gasteiger partial charge in [0.1, 0.15) is 23.6 Å². The number of carbonyl (C=O) groups excluding carboxylic acids is 6. The summed E-state index contributed by atoms with van der Waals surface area (Å²) in [6.07, 6.45) is 0. The van der Waals surface area contributed by atoms with Gasteiger partial charge in [0, 0.05) is 25.4 Å². The monoisotopic (exact) mass is 592 g/mol. The van der Waals surface area contributed by atoms with Crippen molar-refractivity contribution in [2.24, 2.45) is 0 Å². The van der Waals surface area contributed by atoms with E-state index in [0.29, 0.717) is 0 Å². The fourth-order valence-corrected chi connectivity index (χ4v) is 5.42. The highest BCUT2D eigenvalue weighted by Crippen LogP contribution is 2.25. The third-order valence-electron chi connectivity index (χ3n) is 4.91. The molecule has 12 nitrogen and oxygen atoms in total. The molecular weight excluding hydrogens is 564 g/mol. The molecule has 0 heterocycles. The van der Waals surface area contributed by atoms with E-state index in [1.54, 1.807) is 24.3 Å². The predicted octanol–water partition coefficient (Wildman–Crippen LogP) is 2.16. The molecule has 214 valence electrons. The van der Waals surface area contributed by atoms with Crippen molar-refractivity contribution in [3.8, 4) is 11.5 Å². The van der Waals surface area contributed by atoms with Gasteiger partial charge in [0.15, 0.2) is 0 Å². The molecule has 0 unspecified atom stereocenters. The van der Waals surface area contributed by atoms with Gasteiger partial charge < -0.3 is 29.6 Å². The van der Waals surface area contributed by atoms with Crippen LogP contribution in [-0.2, 0) is 28.7 Å². The minimum Gasteiger partial charge on any atom is -0.467 e. The standard InChI is InChI=1S/C26H28N2O10S2/c1-15(29)37-21-11-7-5-9-17(21)23(31)27-19(25(33)35-3)13-39-40-14-20(26(34)36-4)28-24(32)18-10-6-8-12-22(18)38-16(2)30/h5-12,19-20H,13-14H2,1-4H3,(H,27,31)(H,28,32)/t19-,20-/m0/s1. The Morgan fingerprint density at radius 2 is 1.00 bits per heavy atom. The number of nitrogens with one attached hydrogen (secondary N) is 2. The molecule has 2 rings (SSSR count). The van der Waals surface area contributed by atoms with Crippen molar-refractivity contribution in [1.82, 2.24) is 10.6 Å². The second-order valence-electron chi connectivity index (χ2n) is 7.85. The van der Waals surface area contributed by atoms with Crippen molar-refractivity contribution < 1.29 is 47.7 Å². The maximum atomic E-state index is 12.8. The van der Waals surface area contributed by atoms with Gasteiger partial charge in [-0.25, -0.2) is 9.59 Å². The Kier molecular flexibility index (Phi) is 13.0. The average molecular weight is 593 g/mol. The first-order chi connectivity index (χ1) is 19.1.